The number of rotatable bonds is 4. The molecule has 2 saturated heterocycles. The monoisotopic (exact) mass is 307 g/mol. The normalized spacial score (nSPS) is 23.8. The standard InChI is InChI=1S/C17H25NO2S/c1-19-17-15(13-4-3-9-18-12-13)5-2-6-16(17)20-14-7-10-21-11-8-14/h2,5-6,13-14,18H,3-4,7-12H2,1H3. The Labute approximate surface area is 131 Å². The zero-order chi connectivity index (χ0) is 14.5. The molecule has 1 aromatic rings. The highest BCUT2D eigenvalue weighted by Crippen LogP contribution is 2.39. The molecule has 3 nitrogen and oxygen atoms in total. The van der Waals surface area contributed by atoms with E-state index in [1.807, 2.05) is 11.8 Å². The van der Waals surface area contributed by atoms with Crippen LogP contribution in [0.2, 0.25) is 0 Å². The highest BCUT2D eigenvalue weighted by molar-refractivity contribution is 7.99. The smallest absolute Gasteiger partial charge is 0.164 e. The predicted molar refractivity (Wildman–Crippen MR) is 88.8 cm³/mol. The first-order valence-corrected chi connectivity index (χ1v) is 9.16. The van der Waals surface area contributed by atoms with Gasteiger partial charge in [0.15, 0.2) is 11.5 Å². The maximum atomic E-state index is 6.25. The molecule has 2 aliphatic heterocycles. The van der Waals surface area contributed by atoms with Gasteiger partial charge in [-0.15, -0.1) is 0 Å². The van der Waals surface area contributed by atoms with E-state index in [-0.39, 0.29) is 0 Å². The Morgan fingerprint density at radius 3 is 2.76 bits per heavy atom. The third-order valence-electron chi connectivity index (χ3n) is 4.41. The molecule has 1 atom stereocenters. The first kappa shape index (κ1) is 15.0. The van der Waals surface area contributed by atoms with Crippen LogP contribution in [0.4, 0.5) is 0 Å². The Morgan fingerprint density at radius 1 is 1.19 bits per heavy atom. The molecule has 3 rings (SSSR count). The summed E-state index contributed by atoms with van der Waals surface area (Å²) in [5.41, 5.74) is 1.30. The first-order valence-electron chi connectivity index (χ1n) is 8.00. The minimum atomic E-state index is 0.347. The Kier molecular flexibility index (Phi) is 5.31. The second kappa shape index (κ2) is 7.41. The largest absolute Gasteiger partial charge is 0.493 e. The number of hydrogen-bond acceptors (Lipinski definition) is 4. The molecule has 4 heteroatoms. The van der Waals surface area contributed by atoms with Crippen LogP contribution in [0.25, 0.3) is 0 Å². The van der Waals surface area contributed by atoms with Crippen LogP contribution in [0.3, 0.4) is 0 Å². The SMILES string of the molecule is COc1c(OC2CCSCC2)cccc1C1CCCNC1. The van der Waals surface area contributed by atoms with Crippen molar-refractivity contribution in [3.63, 3.8) is 0 Å². The molecule has 0 radical (unpaired) electrons. The molecule has 2 heterocycles. The van der Waals surface area contributed by atoms with Gasteiger partial charge in [-0.25, -0.2) is 0 Å². The molecule has 0 bridgehead atoms. The second-order valence-electron chi connectivity index (χ2n) is 5.85. The predicted octanol–water partition coefficient (Wildman–Crippen LogP) is 3.44. The number of ether oxygens (including phenoxy) is 2. The van der Waals surface area contributed by atoms with Crippen molar-refractivity contribution >= 4 is 11.8 Å². The lowest BCUT2D eigenvalue weighted by molar-refractivity contribution is 0.183. The summed E-state index contributed by atoms with van der Waals surface area (Å²) in [6.45, 7) is 2.18. The van der Waals surface area contributed by atoms with Crippen LogP contribution >= 0.6 is 11.8 Å². The topological polar surface area (TPSA) is 30.5 Å². The Hall–Kier alpha value is -0.870. The molecule has 0 aliphatic carbocycles. The van der Waals surface area contributed by atoms with Gasteiger partial charge in [0.2, 0.25) is 0 Å². The van der Waals surface area contributed by atoms with Crippen LogP contribution in [0, 0.1) is 0 Å². The lowest BCUT2D eigenvalue weighted by atomic mass is 9.91. The quantitative estimate of drug-likeness (QED) is 0.923. The fourth-order valence-electron chi connectivity index (χ4n) is 3.26. The van der Waals surface area contributed by atoms with Crippen molar-refractivity contribution in [2.24, 2.45) is 0 Å². The van der Waals surface area contributed by atoms with Crippen molar-refractivity contribution in [3.05, 3.63) is 23.8 Å². The third kappa shape index (κ3) is 3.67. The molecule has 2 aliphatic rings. The minimum absolute atomic E-state index is 0.347. The summed E-state index contributed by atoms with van der Waals surface area (Å²) < 4.78 is 12.0. The first-order chi connectivity index (χ1) is 10.4. The molecular formula is C17H25NO2S. The number of nitrogens with one attached hydrogen (secondary N) is 1. The maximum Gasteiger partial charge on any atom is 0.164 e. The summed E-state index contributed by atoms with van der Waals surface area (Å²) >= 11 is 2.03. The zero-order valence-corrected chi connectivity index (χ0v) is 13.6. The molecule has 0 saturated carbocycles. The minimum Gasteiger partial charge on any atom is -0.493 e. The van der Waals surface area contributed by atoms with Crippen LogP contribution in [0.1, 0.15) is 37.2 Å². The fraction of sp³-hybridized carbons (Fsp3) is 0.647. The van der Waals surface area contributed by atoms with Crippen LogP contribution in [0.5, 0.6) is 11.5 Å². The van der Waals surface area contributed by atoms with Crippen LogP contribution in [-0.4, -0.2) is 37.8 Å². The molecule has 21 heavy (non-hydrogen) atoms. The van der Waals surface area contributed by atoms with Gasteiger partial charge in [0.05, 0.1) is 7.11 Å². The molecule has 1 N–H and O–H groups in total. The highest BCUT2D eigenvalue weighted by Gasteiger charge is 2.23. The molecule has 1 aromatic carbocycles. The van der Waals surface area contributed by atoms with Crippen molar-refractivity contribution < 1.29 is 9.47 Å². The summed E-state index contributed by atoms with van der Waals surface area (Å²) in [5, 5.41) is 3.49. The van der Waals surface area contributed by atoms with E-state index >= 15 is 0 Å². The number of para-hydroxylation sites is 1. The Bertz CT molecular complexity index is 454. The summed E-state index contributed by atoms with van der Waals surface area (Å²) in [6.07, 6.45) is 5.09. The van der Waals surface area contributed by atoms with Crippen molar-refractivity contribution in [2.45, 2.75) is 37.7 Å². The maximum absolute atomic E-state index is 6.25. The van der Waals surface area contributed by atoms with Crippen molar-refractivity contribution in [1.29, 1.82) is 0 Å². The molecule has 0 amide bonds. The molecule has 116 valence electrons. The summed E-state index contributed by atoms with van der Waals surface area (Å²) in [7, 11) is 1.76. The van der Waals surface area contributed by atoms with E-state index in [1.165, 1.54) is 29.9 Å². The lowest BCUT2D eigenvalue weighted by Crippen LogP contribution is -2.28. The van der Waals surface area contributed by atoms with E-state index < -0.39 is 0 Å². The molecule has 0 spiro atoms. The molecular weight excluding hydrogens is 282 g/mol. The van der Waals surface area contributed by atoms with E-state index in [0.29, 0.717) is 12.0 Å². The number of benzene rings is 1. The zero-order valence-electron chi connectivity index (χ0n) is 12.8. The number of thioether (sulfide) groups is 1. The number of hydrogen-bond donors (Lipinski definition) is 1. The Morgan fingerprint density at radius 2 is 2.05 bits per heavy atom. The average molecular weight is 307 g/mol. The highest BCUT2D eigenvalue weighted by atomic mass is 32.2. The van der Waals surface area contributed by atoms with Gasteiger partial charge >= 0.3 is 0 Å². The van der Waals surface area contributed by atoms with Crippen LogP contribution in [0.15, 0.2) is 18.2 Å². The van der Waals surface area contributed by atoms with E-state index in [2.05, 4.69) is 23.5 Å². The van der Waals surface area contributed by atoms with Gasteiger partial charge in [-0.05, 0) is 49.8 Å². The van der Waals surface area contributed by atoms with Gasteiger partial charge in [0.25, 0.3) is 0 Å². The summed E-state index contributed by atoms with van der Waals surface area (Å²) in [6, 6.07) is 6.36. The van der Waals surface area contributed by atoms with Crippen LogP contribution < -0.4 is 14.8 Å². The third-order valence-corrected chi connectivity index (χ3v) is 5.46. The van der Waals surface area contributed by atoms with E-state index in [1.54, 1.807) is 7.11 Å². The van der Waals surface area contributed by atoms with Gasteiger partial charge in [-0.1, -0.05) is 12.1 Å². The average Bonchev–Trinajstić information content (AvgIpc) is 2.56. The lowest BCUT2D eigenvalue weighted by Gasteiger charge is -2.27. The second-order valence-corrected chi connectivity index (χ2v) is 7.08. The van der Waals surface area contributed by atoms with Crippen molar-refractivity contribution in [1.82, 2.24) is 5.32 Å². The van der Waals surface area contributed by atoms with E-state index in [4.69, 9.17) is 9.47 Å². The number of methoxy groups -OCH3 is 1. The van der Waals surface area contributed by atoms with Gasteiger partial charge in [0, 0.05) is 18.0 Å². The van der Waals surface area contributed by atoms with Gasteiger partial charge in [0.1, 0.15) is 6.10 Å². The van der Waals surface area contributed by atoms with Gasteiger partial charge in [-0.2, -0.15) is 11.8 Å². The Balaban J connectivity index is 1.79. The molecule has 0 aromatic heterocycles. The van der Waals surface area contributed by atoms with Gasteiger partial charge in [-0.3, -0.25) is 0 Å². The van der Waals surface area contributed by atoms with Crippen LogP contribution in [-0.2, 0) is 0 Å². The molecule has 2 fully saturated rings. The van der Waals surface area contributed by atoms with Gasteiger partial charge < -0.3 is 14.8 Å². The summed E-state index contributed by atoms with van der Waals surface area (Å²) in [4.78, 5) is 0. The van der Waals surface area contributed by atoms with E-state index in [0.717, 1.165) is 37.4 Å². The number of piperidine rings is 1. The summed E-state index contributed by atoms with van der Waals surface area (Å²) in [5.74, 6) is 4.83. The van der Waals surface area contributed by atoms with E-state index in [9.17, 15) is 0 Å². The fourth-order valence-corrected chi connectivity index (χ4v) is 4.32. The molecule has 1 unspecified atom stereocenters. The van der Waals surface area contributed by atoms with Crippen molar-refractivity contribution in [2.75, 3.05) is 31.7 Å². The van der Waals surface area contributed by atoms with Crippen molar-refractivity contribution in [3.8, 4) is 11.5 Å².